The number of nitrogens with zero attached hydrogens (tertiary/aromatic N) is 3. The molecule has 1 aliphatic heterocycles. The van der Waals surface area contributed by atoms with E-state index in [2.05, 4.69) is 17.1 Å². The third-order valence-electron chi connectivity index (χ3n) is 7.79. The predicted molar refractivity (Wildman–Crippen MR) is 155 cm³/mol. The van der Waals surface area contributed by atoms with E-state index in [0.29, 0.717) is 66.9 Å². The molecule has 0 unspecified atom stereocenters. The van der Waals surface area contributed by atoms with Crippen LogP contribution in [0.15, 0.2) is 60.7 Å². The van der Waals surface area contributed by atoms with Crippen molar-refractivity contribution in [1.29, 1.82) is 0 Å². The molecule has 2 fully saturated rings. The number of hydrogen-bond acceptors (Lipinski definition) is 8. The van der Waals surface area contributed by atoms with Gasteiger partial charge in [0.2, 0.25) is 0 Å². The zero-order chi connectivity index (χ0) is 28.3. The minimum Gasteiger partial charge on any atom is -0.410 e. The number of rotatable bonds is 7. The predicted octanol–water partition coefficient (Wildman–Crippen LogP) is 5.57. The van der Waals surface area contributed by atoms with Crippen LogP contribution in [0.1, 0.15) is 52.1 Å². The molecule has 2 aromatic carbocycles. The number of nitrogens with one attached hydrogen (secondary N) is 1. The Morgan fingerprint density at radius 2 is 1.75 bits per heavy atom. The molecule has 1 saturated heterocycles. The Balaban J connectivity index is 1.46. The first-order chi connectivity index (χ1) is 19.1. The fourth-order valence-corrected chi connectivity index (χ4v) is 7.47. The molecule has 40 heavy (non-hydrogen) atoms. The lowest BCUT2D eigenvalue weighted by Gasteiger charge is -2.35. The van der Waals surface area contributed by atoms with Crippen molar-refractivity contribution in [3.8, 4) is 17.1 Å². The molecule has 3 aromatic rings. The van der Waals surface area contributed by atoms with E-state index in [1.165, 1.54) is 0 Å². The molecular weight excluding hydrogens is 528 g/mol. The first-order valence-corrected chi connectivity index (χ1v) is 15.3. The zero-order valence-electron chi connectivity index (χ0n) is 23.2. The van der Waals surface area contributed by atoms with E-state index in [-0.39, 0.29) is 11.3 Å². The SMILES string of the molecule is C[C@H]1COCCN1c1cc(C(C)(C)S(=O)(=O)C2CCCC2)nc(-c2ccc(NC(=O)Oc3ccccc3)cc2)n1. The lowest BCUT2D eigenvalue weighted by atomic mass is 10.1. The Kier molecular flexibility index (Phi) is 8.09. The van der Waals surface area contributed by atoms with E-state index in [0.717, 1.165) is 12.8 Å². The van der Waals surface area contributed by atoms with Crippen LogP contribution in [0.3, 0.4) is 0 Å². The van der Waals surface area contributed by atoms with Gasteiger partial charge in [-0.3, -0.25) is 5.32 Å². The number of sulfone groups is 1. The van der Waals surface area contributed by atoms with Crippen molar-refractivity contribution in [1.82, 2.24) is 9.97 Å². The fourth-order valence-electron chi connectivity index (χ4n) is 5.29. The summed E-state index contributed by atoms with van der Waals surface area (Å²) in [5.41, 5.74) is 1.73. The molecule has 1 saturated carbocycles. The van der Waals surface area contributed by atoms with Crippen LogP contribution in [0.25, 0.3) is 11.4 Å². The Labute approximate surface area is 235 Å². The third kappa shape index (κ3) is 5.83. The average Bonchev–Trinajstić information content (AvgIpc) is 3.50. The Bertz CT molecular complexity index is 1440. The first kappa shape index (κ1) is 28.0. The van der Waals surface area contributed by atoms with Crippen molar-refractivity contribution < 1.29 is 22.7 Å². The van der Waals surface area contributed by atoms with E-state index < -0.39 is 20.7 Å². The van der Waals surface area contributed by atoms with Crippen molar-refractivity contribution in [2.75, 3.05) is 30.0 Å². The van der Waals surface area contributed by atoms with Crippen molar-refractivity contribution in [2.45, 2.75) is 62.5 Å². The second-order valence-corrected chi connectivity index (χ2v) is 13.7. The number of ether oxygens (including phenoxy) is 2. The molecule has 5 rings (SSSR count). The van der Waals surface area contributed by atoms with E-state index in [9.17, 15) is 13.2 Å². The maximum Gasteiger partial charge on any atom is 0.417 e. The second-order valence-electron chi connectivity index (χ2n) is 10.9. The minimum absolute atomic E-state index is 0.0844. The van der Waals surface area contributed by atoms with Gasteiger partial charge >= 0.3 is 6.09 Å². The minimum atomic E-state index is -3.49. The fraction of sp³-hybridized carbons (Fsp3) is 0.433. The molecule has 1 aromatic heterocycles. The number of para-hydroxylation sites is 1. The summed E-state index contributed by atoms with van der Waals surface area (Å²) in [4.78, 5) is 24.1. The molecule has 0 radical (unpaired) electrons. The van der Waals surface area contributed by atoms with Crippen LogP contribution >= 0.6 is 0 Å². The van der Waals surface area contributed by atoms with Gasteiger partial charge in [0.25, 0.3) is 0 Å². The lowest BCUT2D eigenvalue weighted by molar-refractivity contribution is 0.0985. The number of aromatic nitrogens is 2. The standard InChI is InChI=1S/C30H36N4O5S/c1-21-20-38-18-17-34(21)27-19-26(30(2,3)40(36,37)25-11-7-8-12-25)32-28(33-27)22-13-15-23(16-14-22)31-29(35)39-24-9-5-4-6-10-24/h4-6,9-10,13-16,19,21,25H,7-8,11-12,17-18,20H2,1-3H3,(H,31,35)/t21-/m0/s1. The molecule has 1 amide bonds. The maximum absolute atomic E-state index is 13.8. The van der Waals surface area contributed by atoms with E-state index in [1.54, 1.807) is 50.2 Å². The van der Waals surface area contributed by atoms with Crippen LogP contribution in [0.4, 0.5) is 16.3 Å². The van der Waals surface area contributed by atoms with E-state index >= 15 is 0 Å². The van der Waals surface area contributed by atoms with Crippen LogP contribution < -0.4 is 15.0 Å². The average molecular weight is 565 g/mol. The highest BCUT2D eigenvalue weighted by molar-refractivity contribution is 7.92. The Morgan fingerprint density at radius 1 is 1.05 bits per heavy atom. The topological polar surface area (TPSA) is 111 Å². The van der Waals surface area contributed by atoms with Gasteiger partial charge in [0.15, 0.2) is 15.7 Å². The number of carbonyl (C=O) groups excluding carboxylic acids is 1. The van der Waals surface area contributed by atoms with Crippen LogP contribution in [0.5, 0.6) is 5.75 Å². The summed E-state index contributed by atoms with van der Waals surface area (Å²) in [6.45, 7) is 7.37. The molecule has 1 atom stereocenters. The van der Waals surface area contributed by atoms with E-state index in [1.807, 2.05) is 24.3 Å². The lowest BCUT2D eigenvalue weighted by Crippen LogP contribution is -2.44. The molecule has 212 valence electrons. The normalized spacial score (nSPS) is 18.5. The van der Waals surface area contributed by atoms with Crippen LogP contribution in [0.2, 0.25) is 0 Å². The van der Waals surface area contributed by atoms with Crippen molar-refractivity contribution in [3.63, 3.8) is 0 Å². The summed E-state index contributed by atoms with van der Waals surface area (Å²) >= 11 is 0. The maximum atomic E-state index is 13.8. The molecule has 2 aliphatic rings. The monoisotopic (exact) mass is 564 g/mol. The number of carbonyl (C=O) groups is 1. The highest BCUT2D eigenvalue weighted by Crippen LogP contribution is 2.39. The molecule has 2 heterocycles. The number of morpholine rings is 1. The summed E-state index contributed by atoms with van der Waals surface area (Å²) in [5.74, 6) is 1.56. The first-order valence-electron chi connectivity index (χ1n) is 13.8. The van der Waals surface area contributed by atoms with Gasteiger partial charge in [-0.25, -0.2) is 23.2 Å². The summed E-state index contributed by atoms with van der Waals surface area (Å²) < 4.78 is 37.3. The number of anilines is 2. The van der Waals surface area contributed by atoms with Crippen molar-refractivity contribution >= 4 is 27.4 Å². The summed E-state index contributed by atoms with van der Waals surface area (Å²) in [5, 5.41) is 2.37. The second kappa shape index (κ2) is 11.5. The molecule has 0 spiro atoms. The molecule has 9 nitrogen and oxygen atoms in total. The number of amides is 1. The summed E-state index contributed by atoms with van der Waals surface area (Å²) in [7, 11) is -3.49. The van der Waals surface area contributed by atoms with E-state index in [4.69, 9.17) is 19.4 Å². The Morgan fingerprint density at radius 3 is 2.42 bits per heavy atom. The molecule has 1 N–H and O–H groups in total. The van der Waals surface area contributed by atoms with Gasteiger partial charge < -0.3 is 14.4 Å². The van der Waals surface area contributed by atoms with Gasteiger partial charge in [-0.1, -0.05) is 31.0 Å². The van der Waals surface area contributed by atoms with Crippen LogP contribution in [0, 0.1) is 0 Å². The summed E-state index contributed by atoms with van der Waals surface area (Å²) in [6.07, 6.45) is 2.66. The third-order valence-corrected chi connectivity index (χ3v) is 10.8. The van der Waals surface area contributed by atoms with Gasteiger partial charge in [0.05, 0.1) is 30.2 Å². The molecule has 10 heteroatoms. The van der Waals surface area contributed by atoms with Gasteiger partial charge in [-0.05, 0) is 70.0 Å². The van der Waals surface area contributed by atoms with Crippen LogP contribution in [-0.2, 0) is 19.3 Å². The van der Waals surface area contributed by atoms with Crippen molar-refractivity contribution in [3.05, 3.63) is 66.4 Å². The number of benzene rings is 2. The highest BCUT2D eigenvalue weighted by atomic mass is 32.2. The summed E-state index contributed by atoms with van der Waals surface area (Å²) in [6, 6.07) is 17.8. The molecule has 0 bridgehead atoms. The van der Waals surface area contributed by atoms with Crippen LogP contribution in [-0.4, -0.2) is 55.5 Å². The zero-order valence-corrected chi connectivity index (χ0v) is 24.0. The van der Waals surface area contributed by atoms with Gasteiger partial charge in [0, 0.05) is 23.9 Å². The molecule has 1 aliphatic carbocycles. The Hall–Kier alpha value is -3.50. The van der Waals surface area contributed by atoms with Gasteiger partial charge in [-0.2, -0.15) is 0 Å². The van der Waals surface area contributed by atoms with Crippen molar-refractivity contribution in [2.24, 2.45) is 0 Å². The smallest absolute Gasteiger partial charge is 0.410 e. The number of hydrogen-bond donors (Lipinski definition) is 1. The largest absolute Gasteiger partial charge is 0.417 e. The highest BCUT2D eigenvalue weighted by Gasteiger charge is 2.44. The van der Waals surface area contributed by atoms with Gasteiger partial charge in [0.1, 0.15) is 16.3 Å². The molecular formula is C30H36N4O5S. The quantitative estimate of drug-likeness (QED) is 0.396. The van der Waals surface area contributed by atoms with Gasteiger partial charge in [-0.15, -0.1) is 0 Å².